The second kappa shape index (κ2) is 10.4. The number of hydrogen-bond acceptors (Lipinski definition) is 8. The van der Waals surface area contributed by atoms with E-state index in [1.165, 1.54) is 14.2 Å². The predicted molar refractivity (Wildman–Crippen MR) is 130 cm³/mol. The minimum absolute atomic E-state index is 0.0345. The average molecular weight is 494 g/mol. The maximum Gasteiger partial charge on any atom is 0.255 e. The highest BCUT2D eigenvalue weighted by Crippen LogP contribution is 2.31. The Kier molecular flexibility index (Phi) is 7.11. The maximum atomic E-state index is 12.8. The fraction of sp³-hybridized carbons (Fsp3) is 0.160. The van der Waals surface area contributed by atoms with Crippen molar-refractivity contribution in [2.24, 2.45) is 0 Å². The Morgan fingerprint density at radius 3 is 2.43 bits per heavy atom. The fourth-order valence-corrected chi connectivity index (χ4v) is 4.71. The standard InChI is InChI=1S/C25H23N3O6S/c1-32-21-12-11-18(14-22(21)33-2)24-27-23(34-28-24)16-35(30,31)15-17-7-6-8-19(13-17)25(29)26-20-9-4-3-5-10-20/h3-14H,15-16H2,1-2H3,(H,26,29). The summed E-state index contributed by atoms with van der Waals surface area (Å²) in [5.74, 6) is 0.180. The molecule has 0 aliphatic rings. The Balaban J connectivity index is 1.45. The fourth-order valence-electron chi connectivity index (χ4n) is 3.43. The van der Waals surface area contributed by atoms with Crippen LogP contribution in [0.25, 0.3) is 11.4 Å². The minimum Gasteiger partial charge on any atom is -0.493 e. The largest absolute Gasteiger partial charge is 0.493 e. The van der Waals surface area contributed by atoms with Gasteiger partial charge in [-0.3, -0.25) is 4.79 Å². The zero-order valence-electron chi connectivity index (χ0n) is 19.1. The van der Waals surface area contributed by atoms with Crippen molar-refractivity contribution in [3.05, 3.63) is 89.8 Å². The van der Waals surface area contributed by atoms with Crippen LogP contribution in [0.15, 0.2) is 77.3 Å². The molecule has 3 aromatic carbocycles. The third-order valence-electron chi connectivity index (χ3n) is 5.06. The number of rotatable bonds is 9. The van der Waals surface area contributed by atoms with Crippen molar-refractivity contribution >= 4 is 21.4 Å². The van der Waals surface area contributed by atoms with Crippen LogP contribution in [-0.4, -0.2) is 38.7 Å². The number of para-hydroxylation sites is 1. The minimum atomic E-state index is -3.65. The molecule has 1 heterocycles. The highest BCUT2D eigenvalue weighted by molar-refractivity contribution is 7.89. The SMILES string of the molecule is COc1ccc(-c2noc(CS(=O)(=O)Cc3cccc(C(=O)Nc4ccccc4)c3)n2)cc1OC. The molecule has 0 aliphatic heterocycles. The molecule has 180 valence electrons. The highest BCUT2D eigenvalue weighted by atomic mass is 32.2. The van der Waals surface area contributed by atoms with Gasteiger partial charge in [-0.25, -0.2) is 8.42 Å². The Bertz CT molecular complexity index is 1430. The van der Waals surface area contributed by atoms with Gasteiger partial charge in [-0.1, -0.05) is 35.5 Å². The molecule has 10 heteroatoms. The number of nitrogens with zero attached hydrogens (tertiary/aromatic N) is 2. The van der Waals surface area contributed by atoms with Gasteiger partial charge < -0.3 is 19.3 Å². The van der Waals surface area contributed by atoms with Gasteiger partial charge in [-0.05, 0) is 48.0 Å². The number of carbonyl (C=O) groups excluding carboxylic acids is 1. The third-order valence-corrected chi connectivity index (χ3v) is 6.52. The van der Waals surface area contributed by atoms with Crippen molar-refractivity contribution in [1.29, 1.82) is 0 Å². The van der Waals surface area contributed by atoms with Crippen molar-refractivity contribution in [2.75, 3.05) is 19.5 Å². The zero-order chi connectivity index (χ0) is 24.8. The third kappa shape index (κ3) is 6.04. The molecule has 0 radical (unpaired) electrons. The molecule has 0 bridgehead atoms. The van der Waals surface area contributed by atoms with Gasteiger partial charge in [0, 0.05) is 16.8 Å². The number of hydrogen-bond donors (Lipinski definition) is 1. The molecule has 0 saturated heterocycles. The summed E-state index contributed by atoms with van der Waals surface area (Å²) in [6, 6.07) is 20.6. The first-order valence-corrected chi connectivity index (χ1v) is 12.4. The number of aromatic nitrogens is 2. The Labute approximate surface area is 202 Å². The Morgan fingerprint density at radius 1 is 0.914 bits per heavy atom. The van der Waals surface area contributed by atoms with Crippen molar-refractivity contribution in [1.82, 2.24) is 10.1 Å². The first kappa shape index (κ1) is 24.0. The van der Waals surface area contributed by atoms with Crippen molar-refractivity contribution in [3.8, 4) is 22.9 Å². The molecule has 0 spiro atoms. The molecule has 0 unspecified atom stereocenters. The van der Waals surface area contributed by atoms with Gasteiger partial charge in [0.15, 0.2) is 21.3 Å². The van der Waals surface area contributed by atoms with Crippen LogP contribution in [0.3, 0.4) is 0 Å². The maximum absolute atomic E-state index is 12.8. The lowest BCUT2D eigenvalue weighted by Gasteiger charge is -2.07. The number of sulfone groups is 1. The number of carbonyl (C=O) groups is 1. The summed E-state index contributed by atoms with van der Waals surface area (Å²) in [6.07, 6.45) is 0. The van der Waals surface area contributed by atoms with Crippen LogP contribution in [0, 0.1) is 0 Å². The van der Waals surface area contributed by atoms with Crippen molar-refractivity contribution in [2.45, 2.75) is 11.5 Å². The molecule has 35 heavy (non-hydrogen) atoms. The van der Waals surface area contributed by atoms with Gasteiger partial charge in [-0.2, -0.15) is 4.98 Å². The van der Waals surface area contributed by atoms with E-state index in [1.54, 1.807) is 54.6 Å². The normalized spacial score (nSPS) is 11.1. The van der Waals surface area contributed by atoms with Crippen LogP contribution in [-0.2, 0) is 21.3 Å². The first-order chi connectivity index (χ1) is 16.9. The van der Waals surface area contributed by atoms with Gasteiger partial charge in [0.1, 0.15) is 5.75 Å². The van der Waals surface area contributed by atoms with Crippen LogP contribution in [0.1, 0.15) is 21.8 Å². The number of ether oxygens (including phenoxy) is 2. The number of amides is 1. The number of benzene rings is 3. The molecule has 9 nitrogen and oxygen atoms in total. The molecule has 0 saturated carbocycles. The van der Waals surface area contributed by atoms with Crippen LogP contribution in [0.4, 0.5) is 5.69 Å². The second-order valence-corrected chi connectivity index (χ2v) is 9.70. The summed E-state index contributed by atoms with van der Waals surface area (Å²) in [5.41, 5.74) is 2.07. The second-order valence-electron chi connectivity index (χ2n) is 7.63. The van der Waals surface area contributed by atoms with E-state index in [4.69, 9.17) is 14.0 Å². The lowest BCUT2D eigenvalue weighted by molar-refractivity contribution is 0.102. The van der Waals surface area contributed by atoms with Crippen LogP contribution >= 0.6 is 0 Å². The van der Waals surface area contributed by atoms with E-state index >= 15 is 0 Å². The zero-order valence-corrected chi connectivity index (χ0v) is 19.9. The van der Waals surface area contributed by atoms with Crippen LogP contribution < -0.4 is 14.8 Å². The summed E-state index contributed by atoms with van der Waals surface area (Å²) in [5, 5.41) is 6.67. The van der Waals surface area contributed by atoms with Crippen molar-refractivity contribution < 1.29 is 27.2 Å². The summed E-state index contributed by atoms with van der Waals surface area (Å²) < 4.78 is 41.3. The van der Waals surface area contributed by atoms with E-state index in [9.17, 15) is 13.2 Å². The molecule has 1 aromatic heterocycles. The quantitative estimate of drug-likeness (QED) is 0.370. The summed E-state index contributed by atoms with van der Waals surface area (Å²) in [7, 11) is -0.616. The lowest BCUT2D eigenvalue weighted by Crippen LogP contribution is -2.13. The molecule has 0 fully saturated rings. The lowest BCUT2D eigenvalue weighted by atomic mass is 10.1. The first-order valence-electron chi connectivity index (χ1n) is 10.6. The van der Waals surface area contributed by atoms with Crippen molar-refractivity contribution in [3.63, 3.8) is 0 Å². The summed E-state index contributed by atoms with van der Waals surface area (Å²) in [4.78, 5) is 16.7. The van der Waals surface area contributed by atoms with E-state index in [0.717, 1.165) is 0 Å². The molecule has 0 aliphatic carbocycles. The van der Waals surface area contributed by atoms with Crippen LogP contribution in [0.2, 0.25) is 0 Å². The summed E-state index contributed by atoms with van der Waals surface area (Å²) in [6.45, 7) is 0. The molecule has 1 N–H and O–H groups in total. The summed E-state index contributed by atoms with van der Waals surface area (Å²) >= 11 is 0. The van der Waals surface area contributed by atoms with Gasteiger partial charge in [0.2, 0.25) is 11.7 Å². The van der Waals surface area contributed by atoms with Gasteiger partial charge in [0.25, 0.3) is 5.91 Å². The molecule has 0 atom stereocenters. The number of anilines is 1. The molecular formula is C25H23N3O6S. The Morgan fingerprint density at radius 2 is 1.69 bits per heavy atom. The van der Waals surface area contributed by atoms with E-state index in [1.807, 2.05) is 18.2 Å². The Hall–Kier alpha value is -4.18. The molecular weight excluding hydrogens is 470 g/mol. The average Bonchev–Trinajstić information content (AvgIpc) is 3.31. The van der Waals surface area contributed by atoms with E-state index in [-0.39, 0.29) is 23.4 Å². The molecule has 4 rings (SSSR count). The van der Waals surface area contributed by atoms with Gasteiger partial charge in [0.05, 0.1) is 20.0 Å². The monoisotopic (exact) mass is 493 g/mol. The molecule has 4 aromatic rings. The topological polar surface area (TPSA) is 121 Å². The highest BCUT2D eigenvalue weighted by Gasteiger charge is 2.20. The van der Waals surface area contributed by atoms with E-state index < -0.39 is 15.6 Å². The number of methoxy groups -OCH3 is 2. The smallest absolute Gasteiger partial charge is 0.255 e. The van der Waals surface area contributed by atoms with Gasteiger partial charge >= 0.3 is 0 Å². The van der Waals surface area contributed by atoms with Gasteiger partial charge in [-0.15, -0.1) is 0 Å². The number of nitrogens with one attached hydrogen (secondary N) is 1. The van der Waals surface area contributed by atoms with E-state index in [2.05, 4.69) is 15.5 Å². The van der Waals surface area contributed by atoms with Crippen LogP contribution in [0.5, 0.6) is 11.5 Å². The van der Waals surface area contributed by atoms with E-state index in [0.29, 0.717) is 33.9 Å². The molecule has 1 amide bonds. The predicted octanol–water partition coefficient (Wildman–Crippen LogP) is 4.12.